The highest BCUT2D eigenvalue weighted by Gasteiger charge is 2.13. The van der Waals surface area contributed by atoms with Crippen molar-refractivity contribution in [3.63, 3.8) is 0 Å². The molecule has 19 heavy (non-hydrogen) atoms. The highest BCUT2D eigenvalue weighted by molar-refractivity contribution is 5.33. The minimum atomic E-state index is 0.0625. The van der Waals surface area contributed by atoms with Crippen LogP contribution in [0, 0.1) is 0 Å². The van der Waals surface area contributed by atoms with Crippen molar-refractivity contribution in [3.05, 3.63) is 60.6 Å². The van der Waals surface area contributed by atoms with Gasteiger partial charge in [0, 0.05) is 11.8 Å². The number of hydrogen-bond acceptors (Lipinski definition) is 3. The molecule has 5 nitrogen and oxygen atoms in total. The van der Waals surface area contributed by atoms with E-state index < -0.39 is 0 Å². The SMILES string of the molecule is CC(c1cnn(-c2ccccc2)c1)n1nccc1N. The number of para-hydroxylation sites is 1. The van der Waals surface area contributed by atoms with E-state index in [1.807, 2.05) is 47.4 Å². The van der Waals surface area contributed by atoms with Crippen molar-refractivity contribution in [2.75, 3.05) is 5.73 Å². The van der Waals surface area contributed by atoms with Crippen LogP contribution in [0.4, 0.5) is 5.82 Å². The molecular weight excluding hydrogens is 238 g/mol. The van der Waals surface area contributed by atoms with Crippen molar-refractivity contribution >= 4 is 5.82 Å². The number of benzene rings is 1. The lowest BCUT2D eigenvalue weighted by Gasteiger charge is -2.11. The quantitative estimate of drug-likeness (QED) is 0.778. The first-order chi connectivity index (χ1) is 9.25. The molecule has 0 aliphatic heterocycles. The number of nitrogen functional groups attached to an aromatic ring is 1. The standard InChI is InChI=1S/C14H15N5/c1-11(19-14(15)7-8-16-19)12-9-17-18(10-12)13-5-3-2-4-6-13/h2-11H,15H2,1H3. The molecule has 0 amide bonds. The monoisotopic (exact) mass is 253 g/mol. The second-order valence-corrected chi connectivity index (χ2v) is 4.43. The van der Waals surface area contributed by atoms with E-state index in [-0.39, 0.29) is 6.04 Å². The zero-order valence-electron chi connectivity index (χ0n) is 10.6. The van der Waals surface area contributed by atoms with E-state index in [2.05, 4.69) is 17.1 Å². The van der Waals surface area contributed by atoms with E-state index in [0.29, 0.717) is 5.82 Å². The molecule has 5 heteroatoms. The Kier molecular flexibility index (Phi) is 2.79. The van der Waals surface area contributed by atoms with Gasteiger partial charge in [0.15, 0.2) is 0 Å². The largest absolute Gasteiger partial charge is 0.384 e. The highest BCUT2D eigenvalue weighted by Crippen LogP contribution is 2.20. The summed E-state index contributed by atoms with van der Waals surface area (Å²) in [5.74, 6) is 0.653. The lowest BCUT2D eigenvalue weighted by atomic mass is 10.2. The van der Waals surface area contributed by atoms with Gasteiger partial charge in [0.2, 0.25) is 0 Å². The molecule has 96 valence electrons. The summed E-state index contributed by atoms with van der Waals surface area (Å²) in [4.78, 5) is 0. The maximum Gasteiger partial charge on any atom is 0.122 e. The van der Waals surface area contributed by atoms with Crippen LogP contribution in [0.15, 0.2) is 55.0 Å². The van der Waals surface area contributed by atoms with E-state index >= 15 is 0 Å². The van der Waals surface area contributed by atoms with Crippen LogP contribution in [-0.2, 0) is 0 Å². The van der Waals surface area contributed by atoms with Gasteiger partial charge in [0.05, 0.1) is 24.1 Å². The average Bonchev–Trinajstić information content (AvgIpc) is 3.08. The van der Waals surface area contributed by atoms with Crippen molar-refractivity contribution < 1.29 is 0 Å². The summed E-state index contributed by atoms with van der Waals surface area (Å²) >= 11 is 0. The van der Waals surface area contributed by atoms with Crippen LogP contribution in [0.5, 0.6) is 0 Å². The van der Waals surface area contributed by atoms with Crippen molar-refractivity contribution in [1.29, 1.82) is 0 Å². The van der Waals surface area contributed by atoms with Crippen LogP contribution in [0.25, 0.3) is 5.69 Å². The van der Waals surface area contributed by atoms with Gasteiger partial charge in [0.1, 0.15) is 5.82 Å². The van der Waals surface area contributed by atoms with E-state index in [9.17, 15) is 0 Å². The van der Waals surface area contributed by atoms with Gasteiger partial charge in [-0.1, -0.05) is 18.2 Å². The molecule has 2 aromatic heterocycles. The summed E-state index contributed by atoms with van der Waals surface area (Å²) in [6.45, 7) is 2.05. The Morgan fingerprint density at radius 1 is 1.11 bits per heavy atom. The summed E-state index contributed by atoms with van der Waals surface area (Å²) in [5, 5.41) is 8.61. The molecule has 0 radical (unpaired) electrons. The van der Waals surface area contributed by atoms with Gasteiger partial charge in [-0.15, -0.1) is 0 Å². The second-order valence-electron chi connectivity index (χ2n) is 4.43. The summed E-state index contributed by atoms with van der Waals surface area (Å²) in [5.41, 5.74) is 7.98. The third-order valence-electron chi connectivity index (χ3n) is 3.17. The van der Waals surface area contributed by atoms with Gasteiger partial charge in [0.25, 0.3) is 0 Å². The third-order valence-corrected chi connectivity index (χ3v) is 3.17. The maximum atomic E-state index is 5.87. The lowest BCUT2D eigenvalue weighted by molar-refractivity contribution is 0.573. The van der Waals surface area contributed by atoms with Gasteiger partial charge in [-0.05, 0) is 25.1 Å². The Hall–Kier alpha value is -2.56. The van der Waals surface area contributed by atoms with E-state index in [1.54, 1.807) is 16.9 Å². The molecule has 1 aromatic carbocycles. The molecule has 2 heterocycles. The summed E-state index contributed by atoms with van der Waals surface area (Å²) in [6, 6.07) is 11.9. The fraction of sp³-hybridized carbons (Fsp3) is 0.143. The van der Waals surface area contributed by atoms with Crippen LogP contribution in [0.3, 0.4) is 0 Å². The molecule has 0 bridgehead atoms. The number of nitrogens with zero attached hydrogens (tertiary/aromatic N) is 4. The van der Waals surface area contributed by atoms with Gasteiger partial charge in [-0.25, -0.2) is 9.36 Å². The molecular formula is C14H15N5. The number of hydrogen-bond donors (Lipinski definition) is 1. The van der Waals surface area contributed by atoms with Crippen molar-refractivity contribution in [1.82, 2.24) is 19.6 Å². The topological polar surface area (TPSA) is 61.7 Å². The molecule has 3 aromatic rings. The molecule has 0 saturated carbocycles. The average molecular weight is 253 g/mol. The summed E-state index contributed by atoms with van der Waals surface area (Å²) in [6.07, 6.45) is 5.55. The molecule has 1 unspecified atom stereocenters. The Bertz CT molecular complexity index is 668. The fourth-order valence-electron chi connectivity index (χ4n) is 2.06. The first-order valence-electron chi connectivity index (χ1n) is 6.14. The molecule has 3 rings (SSSR count). The normalized spacial score (nSPS) is 12.5. The molecule has 0 aliphatic rings. The molecule has 1 atom stereocenters. The number of aromatic nitrogens is 4. The Labute approximate surface area is 111 Å². The Balaban J connectivity index is 1.92. The predicted octanol–water partition coefficient (Wildman–Crippen LogP) is 2.26. The highest BCUT2D eigenvalue weighted by atomic mass is 15.3. The van der Waals surface area contributed by atoms with E-state index in [4.69, 9.17) is 5.73 Å². The van der Waals surface area contributed by atoms with Gasteiger partial charge in [-0.3, -0.25) is 0 Å². The molecule has 0 aliphatic carbocycles. The van der Waals surface area contributed by atoms with Crippen LogP contribution in [-0.4, -0.2) is 19.6 Å². The maximum absolute atomic E-state index is 5.87. The van der Waals surface area contributed by atoms with Crippen LogP contribution >= 0.6 is 0 Å². The van der Waals surface area contributed by atoms with E-state index in [1.165, 1.54) is 0 Å². The summed E-state index contributed by atoms with van der Waals surface area (Å²) in [7, 11) is 0. The van der Waals surface area contributed by atoms with Gasteiger partial charge in [-0.2, -0.15) is 10.2 Å². The third kappa shape index (κ3) is 2.10. The minimum absolute atomic E-state index is 0.0625. The van der Waals surface area contributed by atoms with Crippen molar-refractivity contribution in [2.24, 2.45) is 0 Å². The van der Waals surface area contributed by atoms with Gasteiger partial charge < -0.3 is 5.73 Å². The fourth-order valence-corrected chi connectivity index (χ4v) is 2.06. The molecule has 0 spiro atoms. The Morgan fingerprint density at radius 3 is 2.58 bits per heavy atom. The number of rotatable bonds is 3. The lowest BCUT2D eigenvalue weighted by Crippen LogP contribution is -2.10. The second kappa shape index (κ2) is 4.61. The van der Waals surface area contributed by atoms with Crippen LogP contribution < -0.4 is 5.73 Å². The van der Waals surface area contributed by atoms with Gasteiger partial charge >= 0.3 is 0 Å². The first-order valence-corrected chi connectivity index (χ1v) is 6.14. The minimum Gasteiger partial charge on any atom is -0.384 e. The number of nitrogens with two attached hydrogens (primary N) is 1. The smallest absolute Gasteiger partial charge is 0.122 e. The number of anilines is 1. The first kappa shape index (κ1) is 11.5. The molecule has 0 saturated heterocycles. The zero-order valence-corrected chi connectivity index (χ0v) is 10.6. The molecule has 0 fully saturated rings. The zero-order chi connectivity index (χ0) is 13.2. The van der Waals surface area contributed by atoms with E-state index in [0.717, 1.165) is 11.3 Å². The van der Waals surface area contributed by atoms with Crippen molar-refractivity contribution in [3.8, 4) is 5.69 Å². The Morgan fingerprint density at radius 2 is 1.89 bits per heavy atom. The predicted molar refractivity (Wildman–Crippen MR) is 74.0 cm³/mol. The molecule has 2 N–H and O–H groups in total. The van der Waals surface area contributed by atoms with Crippen molar-refractivity contribution in [2.45, 2.75) is 13.0 Å². The van der Waals surface area contributed by atoms with Crippen LogP contribution in [0.1, 0.15) is 18.5 Å². The van der Waals surface area contributed by atoms with Crippen LogP contribution in [0.2, 0.25) is 0 Å². The summed E-state index contributed by atoms with van der Waals surface area (Å²) < 4.78 is 3.64.